The first kappa shape index (κ1) is 8.73. The number of nitrogens with zero attached hydrogens (tertiary/aromatic N) is 1. The third kappa shape index (κ3) is 2.71. The van der Waals surface area contributed by atoms with Gasteiger partial charge in [-0.15, -0.1) is 0 Å². The van der Waals surface area contributed by atoms with E-state index in [-0.39, 0.29) is 0 Å². The lowest BCUT2D eigenvalue weighted by Gasteiger charge is -1.97. The van der Waals surface area contributed by atoms with Crippen LogP contribution in [0, 0.1) is 0 Å². The number of furan rings is 1. The third-order valence-corrected chi connectivity index (χ3v) is 1.42. The highest BCUT2D eigenvalue weighted by Gasteiger charge is 1.88. The van der Waals surface area contributed by atoms with E-state index < -0.39 is 0 Å². The van der Waals surface area contributed by atoms with Crippen molar-refractivity contribution in [2.75, 3.05) is 7.05 Å². The first-order chi connectivity index (χ1) is 5.83. The molecule has 64 valence electrons. The molecule has 1 heterocycles. The van der Waals surface area contributed by atoms with Crippen LogP contribution in [0.1, 0.15) is 5.76 Å². The van der Waals surface area contributed by atoms with Crippen molar-refractivity contribution in [3.05, 3.63) is 24.2 Å². The highest BCUT2D eigenvalue weighted by molar-refractivity contribution is 7.80. The lowest BCUT2D eigenvalue weighted by molar-refractivity contribution is 0.560. The Kier molecular flexibility index (Phi) is 3.28. The molecule has 0 aromatic carbocycles. The molecule has 1 aromatic heterocycles. The molecule has 0 unspecified atom stereocenters. The van der Waals surface area contributed by atoms with E-state index >= 15 is 0 Å². The van der Waals surface area contributed by atoms with Gasteiger partial charge in [0.1, 0.15) is 5.76 Å². The van der Waals surface area contributed by atoms with Crippen molar-refractivity contribution in [1.82, 2.24) is 10.7 Å². The predicted octanol–water partition coefficient (Wildman–Crippen LogP) is 0.707. The van der Waals surface area contributed by atoms with Crippen LogP contribution in [0.25, 0.3) is 0 Å². The zero-order chi connectivity index (χ0) is 8.81. The van der Waals surface area contributed by atoms with Gasteiger partial charge in [0.25, 0.3) is 0 Å². The Hall–Kier alpha value is -1.36. The highest BCUT2D eigenvalue weighted by Crippen LogP contribution is 1.94. The molecule has 0 aliphatic rings. The molecule has 0 aliphatic heterocycles. The summed E-state index contributed by atoms with van der Waals surface area (Å²) in [6, 6.07) is 3.59. The second-order valence-electron chi connectivity index (χ2n) is 1.96. The topological polar surface area (TPSA) is 49.6 Å². The Morgan fingerprint density at radius 2 is 2.58 bits per heavy atom. The van der Waals surface area contributed by atoms with E-state index in [1.165, 1.54) is 0 Å². The van der Waals surface area contributed by atoms with Gasteiger partial charge in [-0.1, -0.05) is 0 Å². The van der Waals surface area contributed by atoms with E-state index in [1.54, 1.807) is 31.7 Å². The molecule has 4 nitrogen and oxygen atoms in total. The van der Waals surface area contributed by atoms with E-state index in [4.69, 9.17) is 16.6 Å². The largest absolute Gasteiger partial charge is 0.463 e. The quantitative estimate of drug-likeness (QED) is 0.403. The Labute approximate surface area is 75.6 Å². The molecule has 0 atom stereocenters. The van der Waals surface area contributed by atoms with Crippen LogP contribution in [0.15, 0.2) is 27.9 Å². The SMILES string of the molecule is CNC(=S)NN=Cc1ccco1. The monoisotopic (exact) mass is 183 g/mol. The van der Waals surface area contributed by atoms with Gasteiger partial charge in [-0.2, -0.15) is 5.10 Å². The minimum absolute atomic E-state index is 0.470. The average Bonchev–Trinajstić information content (AvgIpc) is 2.57. The molecule has 0 radical (unpaired) electrons. The molecular formula is C7H9N3OS. The smallest absolute Gasteiger partial charge is 0.186 e. The predicted molar refractivity (Wildman–Crippen MR) is 51.1 cm³/mol. The molecule has 0 saturated carbocycles. The normalized spacial score (nSPS) is 10.1. The van der Waals surface area contributed by atoms with Crippen molar-refractivity contribution in [2.24, 2.45) is 5.10 Å². The van der Waals surface area contributed by atoms with Crippen molar-refractivity contribution >= 4 is 23.5 Å². The summed E-state index contributed by atoms with van der Waals surface area (Å²) >= 11 is 4.78. The van der Waals surface area contributed by atoms with Gasteiger partial charge >= 0.3 is 0 Å². The number of hydrogen-bond acceptors (Lipinski definition) is 3. The lowest BCUT2D eigenvalue weighted by Crippen LogP contribution is -2.28. The number of rotatable bonds is 2. The van der Waals surface area contributed by atoms with Crippen molar-refractivity contribution in [3.8, 4) is 0 Å². The minimum Gasteiger partial charge on any atom is -0.463 e. The summed E-state index contributed by atoms with van der Waals surface area (Å²) in [7, 11) is 1.72. The average molecular weight is 183 g/mol. The fourth-order valence-electron chi connectivity index (χ4n) is 0.575. The molecule has 5 heteroatoms. The molecular weight excluding hydrogens is 174 g/mol. The van der Waals surface area contributed by atoms with Crippen LogP contribution in [0.2, 0.25) is 0 Å². The summed E-state index contributed by atoms with van der Waals surface area (Å²) in [6.07, 6.45) is 3.13. The van der Waals surface area contributed by atoms with Crippen molar-refractivity contribution in [1.29, 1.82) is 0 Å². The molecule has 0 spiro atoms. The Balaban J connectivity index is 2.37. The molecule has 0 aliphatic carbocycles. The Morgan fingerprint density at radius 3 is 3.17 bits per heavy atom. The van der Waals surface area contributed by atoms with Crippen LogP contribution in [-0.2, 0) is 0 Å². The van der Waals surface area contributed by atoms with Gasteiger partial charge in [0.05, 0.1) is 12.5 Å². The maximum Gasteiger partial charge on any atom is 0.186 e. The van der Waals surface area contributed by atoms with E-state index in [0.29, 0.717) is 10.9 Å². The number of thiocarbonyl (C=S) groups is 1. The molecule has 0 fully saturated rings. The second kappa shape index (κ2) is 4.50. The summed E-state index contributed by atoms with van der Waals surface area (Å²) in [4.78, 5) is 0. The molecule has 1 aromatic rings. The van der Waals surface area contributed by atoms with E-state index in [0.717, 1.165) is 0 Å². The number of hydrogen-bond donors (Lipinski definition) is 2. The van der Waals surface area contributed by atoms with Crippen molar-refractivity contribution in [2.45, 2.75) is 0 Å². The summed E-state index contributed by atoms with van der Waals surface area (Å²) in [6.45, 7) is 0. The fraction of sp³-hybridized carbons (Fsp3) is 0.143. The van der Waals surface area contributed by atoms with Crippen LogP contribution >= 0.6 is 12.2 Å². The highest BCUT2D eigenvalue weighted by atomic mass is 32.1. The molecule has 0 saturated heterocycles. The van der Waals surface area contributed by atoms with Gasteiger partial charge in [0.2, 0.25) is 0 Å². The van der Waals surface area contributed by atoms with Crippen LogP contribution in [-0.4, -0.2) is 18.4 Å². The van der Waals surface area contributed by atoms with Gasteiger partial charge in [-0.25, -0.2) is 0 Å². The van der Waals surface area contributed by atoms with Gasteiger partial charge in [0, 0.05) is 7.05 Å². The molecule has 0 amide bonds. The molecule has 1 rings (SSSR count). The summed E-state index contributed by atoms with van der Waals surface area (Å²) in [5.74, 6) is 0.682. The first-order valence-corrected chi connectivity index (χ1v) is 3.78. The molecule has 2 N–H and O–H groups in total. The van der Waals surface area contributed by atoms with Gasteiger partial charge in [-0.3, -0.25) is 5.43 Å². The second-order valence-corrected chi connectivity index (χ2v) is 2.37. The van der Waals surface area contributed by atoms with Gasteiger partial charge < -0.3 is 9.73 Å². The maximum atomic E-state index is 5.00. The van der Waals surface area contributed by atoms with E-state index in [9.17, 15) is 0 Å². The van der Waals surface area contributed by atoms with Crippen LogP contribution in [0.5, 0.6) is 0 Å². The number of nitrogens with one attached hydrogen (secondary N) is 2. The fourth-order valence-corrected chi connectivity index (χ4v) is 0.628. The minimum atomic E-state index is 0.470. The molecule has 0 bridgehead atoms. The van der Waals surface area contributed by atoms with Crippen LogP contribution < -0.4 is 10.7 Å². The summed E-state index contributed by atoms with van der Waals surface area (Å²) in [5, 5.41) is 7.00. The summed E-state index contributed by atoms with van der Waals surface area (Å²) < 4.78 is 5.00. The molecule has 12 heavy (non-hydrogen) atoms. The van der Waals surface area contributed by atoms with Gasteiger partial charge in [0.15, 0.2) is 5.11 Å². The Morgan fingerprint density at radius 1 is 1.75 bits per heavy atom. The third-order valence-electron chi connectivity index (χ3n) is 1.13. The van der Waals surface area contributed by atoms with Crippen LogP contribution in [0.4, 0.5) is 0 Å². The first-order valence-electron chi connectivity index (χ1n) is 3.37. The van der Waals surface area contributed by atoms with E-state index in [2.05, 4.69) is 15.8 Å². The van der Waals surface area contributed by atoms with Crippen LogP contribution in [0.3, 0.4) is 0 Å². The summed E-state index contributed by atoms with van der Waals surface area (Å²) in [5.41, 5.74) is 2.60. The van der Waals surface area contributed by atoms with Crippen molar-refractivity contribution < 1.29 is 4.42 Å². The zero-order valence-corrected chi connectivity index (χ0v) is 7.39. The van der Waals surface area contributed by atoms with Crippen molar-refractivity contribution in [3.63, 3.8) is 0 Å². The standard InChI is InChI=1S/C7H9N3OS/c1-8-7(12)10-9-5-6-3-2-4-11-6/h2-5H,1H3,(H2,8,10,12). The lowest BCUT2D eigenvalue weighted by atomic mass is 10.5. The Bertz CT molecular complexity index is 268. The zero-order valence-electron chi connectivity index (χ0n) is 6.57. The van der Waals surface area contributed by atoms with E-state index in [1.807, 2.05) is 0 Å². The van der Waals surface area contributed by atoms with Gasteiger partial charge in [-0.05, 0) is 24.4 Å². The maximum absolute atomic E-state index is 5.00. The number of hydrazone groups is 1.